The zero-order valence-corrected chi connectivity index (χ0v) is 11.5. The van der Waals surface area contributed by atoms with Gasteiger partial charge in [0.1, 0.15) is 5.76 Å². The Morgan fingerprint density at radius 2 is 1.82 bits per heavy atom. The van der Waals surface area contributed by atoms with Crippen molar-refractivity contribution in [2.24, 2.45) is 11.5 Å². The number of nitrogens with two attached hydrogens (primary N) is 2. The summed E-state index contributed by atoms with van der Waals surface area (Å²) in [6.07, 6.45) is 1.25. The van der Waals surface area contributed by atoms with Crippen molar-refractivity contribution in [3.63, 3.8) is 0 Å². The molecule has 1 heterocycles. The second-order valence-electron chi connectivity index (χ2n) is 4.63. The van der Waals surface area contributed by atoms with E-state index in [1.165, 1.54) is 6.08 Å². The van der Waals surface area contributed by atoms with E-state index in [9.17, 15) is 4.79 Å². The molecular weight excluding hydrogens is 286 g/mol. The fourth-order valence-electron chi connectivity index (χ4n) is 1.77. The fourth-order valence-corrected chi connectivity index (χ4v) is 2.60. The average molecular weight is 298 g/mol. The van der Waals surface area contributed by atoms with Gasteiger partial charge in [0.05, 0.1) is 10.6 Å². The lowest BCUT2D eigenvalue weighted by Gasteiger charge is -2.38. The fraction of sp³-hybridized carbons (Fsp3) is 0.500. The SMILES string of the molecule is CC1(C)OC2=C(C1=O)C(Cl)=CC(Cl)(Cl)C2(N)N. The van der Waals surface area contributed by atoms with Gasteiger partial charge in [-0.2, -0.15) is 0 Å². The van der Waals surface area contributed by atoms with Crippen LogP contribution in [0.5, 0.6) is 0 Å². The molecule has 4 N–H and O–H groups in total. The van der Waals surface area contributed by atoms with Crippen LogP contribution in [-0.4, -0.2) is 21.4 Å². The molecule has 0 bridgehead atoms. The van der Waals surface area contributed by atoms with Gasteiger partial charge in [-0.25, -0.2) is 0 Å². The lowest BCUT2D eigenvalue weighted by atomic mass is 9.90. The van der Waals surface area contributed by atoms with Crippen LogP contribution >= 0.6 is 34.8 Å². The van der Waals surface area contributed by atoms with Crippen LogP contribution in [0.3, 0.4) is 0 Å². The maximum atomic E-state index is 12.1. The van der Waals surface area contributed by atoms with Crippen molar-refractivity contribution in [1.82, 2.24) is 0 Å². The Labute approximate surface area is 113 Å². The van der Waals surface area contributed by atoms with Crippen LogP contribution in [0.2, 0.25) is 0 Å². The minimum absolute atomic E-state index is 0.0324. The van der Waals surface area contributed by atoms with Crippen LogP contribution in [0.15, 0.2) is 22.4 Å². The topological polar surface area (TPSA) is 78.3 Å². The van der Waals surface area contributed by atoms with Crippen molar-refractivity contribution in [3.8, 4) is 0 Å². The van der Waals surface area contributed by atoms with E-state index in [1.807, 2.05) is 0 Å². The molecule has 7 heteroatoms. The number of alkyl halides is 2. The number of allylic oxidation sites excluding steroid dienone is 1. The first-order valence-corrected chi connectivity index (χ1v) is 5.97. The molecule has 0 aromatic carbocycles. The van der Waals surface area contributed by atoms with Crippen molar-refractivity contribution in [2.75, 3.05) is 0 Å². The normalized spacial score (nSPS) is 28.6. The third-order valence-corrected chi connectivity index (χ3v) is 3.97. The van der Waals surface area contributed by atoms with Crippen LogP contribution in [0.25, 0.3) is 0 Å². The Morgan fingerprint density at radius 1 is 1.29 bits per heavy atom. The Kier molecular flexibility index (Phi) is 2.63. The number of Topliss-reactive ketones (excluding diaryl/α,β-unsaturated/α-hetero) is 1. The number of carbonyl (C=O) groups is 1. The zero-order chi connectivity index (χ0) is 13.2. The van der Waals surface area contributed by atoms with Crippen molar-refractivity contribution < 1.29 is 9.53 Å². The molecule has 1 aliphatic heterocycles. The molecule has 0 radical (unpaired) electrons. The predicted molar refractivity (Wildman–Crippen MR) is 66.7 cm³/mol. The summed E-state index contributed by atoms with van der Waals surface area (Å²) in [6.45, 7) is 3.19. The summed E-state index contributed by atoms with van der Waals surface area (Å²) in [5.74, 6) is -0.261. The lowest BCUT2D eigenvalue weighted by molar-refractivity contribution is -0.127. The van der Waals surface area contributed by atoms with E-state index in [2.05, 4.69) is 0 Å². The molecule has 4 nitrogen and oxygen atoms in total. The molecule has 0 aromatic rings. The number of hydrogen-bond donors (Lipinski definition) is 2. The Bertz CT molecular complexity index is 478. The lowest BCUT2D eigenvalue weighted by Crippen LogP contribution is -2.64. The maximum absolute atomic E-state index is 12.1. The van der Waals surface area contributed by atoms with E-state index in [0.717, 1.165) is 0 Å². The molecule has 2 aliphatic rings. The number of halogens is 3. The van der Waals surface area contributed by atoms with Crippen molar-refractivity contribution in [3.05, 3.63) is 22.4 Å². The van der Waals surface area contributed by atoms with Gasteiger partial charge in [0.15, 0.2) is 15.6 Å². The summed E-state index contributed by atoms with van der Waals surface area (Å²) >= 11 is 18.0. The molecule has 17 heavy (non-hydrogen) atoms. The Balaban J connectivity index is 2.64. The van der Waals surface area contributed by atoms with Crippen LogP contribution in [0.4, 0.5) is 0 Å². The standard InChI is InChI=1S/C10H11Cl3N2O2/c1-8(2)6(16)5-4(11)3-9(12,13)10(14,15)7(5)17-8/h3H,14-15H2,1-2H3. The monoisotopic (exact) mass is 296 g/mol. The summed E-state index contributed by atoms with van der Waals surface area (Å²) in [4.78, 5) is 12.1. The van der Waals surface area contributed by atoms with Gasteiger partial charge in [-0.1, -0.05) is 34.8 Å². The first-order chi connectivity index (χ1) is 7.51. The number of rotatable bonds is 0. The number of ketones is 1. The summed E-state index contributed by atoms with van der Waals surface area (Å²) in [5, 5.41) is 0.104. The highest BCUT2D eigenvalue weighted by molar-refractivity contribution is 6.52. The number of carbonyl (C=O) groups excluding carboxylic acids is 1. The van der Waals surface area contributed by atoms with Crippen LogP contribution < -0.4 is 11.5 Å². The minimum Gasteiger partial charge on any atom is -0.480 e. The molecule has 2 rings (SSSR count). The van der Waals surface area contributed by atoms with E-state index in [4.69, 9.17) is 51.0 Å². The van der Waals surface area contributed by atoms with Crippen LogP contribution in [0, 0.1) is 0 Å². The molecule has 0 fully saturated rings. The molecule has 0 amide bonds. The Hall–Kier alpha value is -0.260. The largest absolute Gasteiger partial charge is 0.480 e. The van der Waals surface area contributed by atoms with E-state index in [1.54, 1.807) is 13.8 Å². The van der Waals surface area contributed by atoms with Gasteiger partial charge in [0, 0.05) is 0 Å². The molecule has 0 unspecified atom stereocenters. The van der Waals surface area contributed by atoms with Crippen molar-refractivity contribution in [1.29, 1.82) is 0 Å². The van der Waals surface area contributed by atoms with E-state index in [0.29, 0.717) is 0 Å². The smallest absolute Gasteiger partial charge is 0.210 e. The van der Waals surface area contributed by atoms with Gasteiger partial charge in [-0.3, -0.25) is 4.79 Å². The van der Waals surface area contributed by atoms with Crippen molar-refractivity contribution in [2.45, 2.75) is 29.4 Å². The minimum atomic E-state index is -1.70. The number of ether oxygens (including phenoxy) is 1. The van der Waals surface area contributed by atoms with Gasteiger partial charge in [-0.15, -0.1) is 0 Å². The van der Waals surface area contributed by atoms with E-state index in [-0.39, 0.29) is 22.1 Å². The van der Waals surface area contributed by atoms with Crippen LogP contribution in [0.1, 0.15) is 13.8 Å². The van der Waals surface area contributed by atoms with Gasteiger partial charge >= 0.3 is 0 Å². The first kappa shape index (κ1) is 13.2. The summed E-state index contributed by atoms with van der Waals surface area (Å²) in [5.41, 5.74) is 9.10. The molecule has 0 saturated carbocycles. The third kappa shape index (κ3) is 1.63. The summed E-state index contributed by atoms with van der Waals surface area (Å²) in [7, 11) is 0. The maximum Gasteiger partial charge on any atom is 0.210 e. The number of hydrogen-bond acceptors (Lipinski definition) is 4. The van der Waals surface area contributed by atoms with Gasteiger partial charge in [0.25, 0.3) is 0 Å². The van der Waals surface area contributed by atoms with Crippen molar-refractivity contribution >= 4 is 40.6 Å². The van der Waals surface area contributed by atoms with Gasteiger partial charge in [-0.05, 0) is 19.9 Å². The summed E-state index contributed by atoms with van der Waals surface area (Å²) in [6, 6.07) is 0. The molecule has 94 valence electrons. The van der Waals surface area contributed by atoms with Gasteiger partial charge < -0.3 is 16.2 Å². The molecule has 0 atom stereocenters. The highest BCUT2D eigenvalue weighted by Gasteiger charge is 2.58. The predicted octanol–water partition coefficient (Wildman–Crippen LogP) is 1.54. The second kappa shape index (κ2) is 3.39. The quantitative estimate of drug-likeness (QED) is 0.525. The highest BCUT2D eigenvalue weighted by Crippen LogP contribution is 2.49. The van der Waals surface area contributed by atoms with E-state index < -0.39 is 15.6 Å². The Morgan fingerprint density at radius 3 is 2.35 bits per heavy atom. The molecule has 0 aromatic heterocycles. The third-order valence-electron chi connectivity index (χ3n) is 2.83. The first-order valence-electron chi connectivity index (χ1n) is 4.83. The molecule has 0 saturated heterocycles. The second-order valence-corrected chi connectivity index (χ2v) is 6.42. The molecular formula is C10H11Cl3N2O2. The zero-order valence-electron chi connectivity index (χ0n) is 9.18. The molecule has 0 spiro atoms. The molecule has 1 aliphatic carbocycles. The average Bonchev–Trinajstić information content (AvgIpc) is 2.36. The van der Waals surface area contributed by atoms with E-state index >= 15 is 0 Å². The summed E-state index contributed by atoms with van der Waals surface area (Å²) < 4.78 is 3.84. The highest BCUT2D eigenvalue weighted by atomic mass is 35.5. The van der Waals surface area contributed by atoms with Crippen LogP contribution in [-0.2, 0) is 9.53 Å². The van der Waals surface area contributed by atoms with Gasteiger partial charge in [0.2, 0.25) is 5.78 Å².